The summed E-state index contributed by atoms with van der Waals surface area (Å²) in [7, 11) is 4.10. The highest BCUT2D eigenvalue weighted by molar-refractivity contribution is 6.07. The maximum absolute atomic E-state index is 14.4. The van der Waals surface area contributed by atoms with E-state index >= 15 is 0 Å². The van der Waals surface area contributed by atoms with Gasteiger partial charge in [0.2, 0.25) is 12.3 Å². The second-order valence-electron chi connectivity index (χ2n) is 17.7. The van der Waals surface area contributed by atoms with Crippen molar-refractivity contribution in [1.82, 2.24) is 40.4 Å². The molecule has 350 valence electrons. The number of amides is 4. The van der Waals surface area contributed by atoms with Gasteiger partial charge in [-0.25, -0.2) is 28.3 Å². The van der Waals surface area contributed by atoms with Crippen LogP contribution in [0.15, 0.2) is 79.0 Å². The number of aromatic amines is 2. The standard InChI is InChI=1S/C49H52F2N8O8/c1-25(2)40(56-48(62)65-4)46(60)59-22-30(43(50)51)18-38(59)44-52-20-36(54-44)29-11-13-32-31(16-29)24-67-39-19-33-28(17-34(32)39)12-14-35-42(33)55-45(53-35)37-15-26(23-64-3)21-58(37)47(61)41(57-49(63)66-5)27-9-7-6-8-10-27/h6-14,16-17,19-20,25-26,30,37-38,40-41,43H,15,18,21-24H2,1-5H3,(H,52,54)(H,53,55)(H,56,62)(H,57,63)/t26-,30-,37-,38-,40-,41+/m0/s1. The molecule has 3 aliphatic heterocycles. The summed E-state index contributed by atoms with van der Waals surface area (Å²) >= 11 is 0. The average Bonchev–Trinajstić information content (AvgIpc) is 4.17. The van der Waals surface area contributed by atoms with Crippen LogP contribution in [-0.2, 0) is 30.4 Å². The third-order valence-corrected chi connectivity index (χ3v) is 13.2. The molecule has 4 N–H and O–H groups in total. The number of rotatable bonds is 12. The fourth-order valence-corrected chi connectivity index (χ4v) is 9.77. The van der Waals surface area contributed by atoms with Gasteiger partial charge in [-0.2, -0.15) is 0 Å². The lowest BCUT2D eigenvalue weighted by Crippen LogP contribution is -2.51. The van der Waals surface area contributed by atoms with Crippen LogP contribution in [0.2, 0.25) is 0 Å². The molecule has 67 heavy (non-hydrogen) atoms. The summed E-state index contributed by atoms with van der Waals surface area (Å²) in [6.45, 7) is 4.48. The number of alkyl carbamates (subject to hydrolysis) is 2. The Kier molecular flexibility index (Phi) is 12.6. The minimum Gasteiger partial charge on any atom is -0.488 e. The second-order valence-corrected chi connectivity index (χ2v) is 17.7. The summed E-state index contributed by atoms with van der Waals surface area (Å²) in [5.41, 5.74) is 6.41. The van der Waals surface area contributed by atoms with Gasteiger partial charge in [-0.05, 0) is 70.7 Å². The molecule has 0 bridgehead atoms. The van der Waals surface area contributed by atoms with Crippen molar-refractivity contribution < 1.29 is 46.9 Å². The summed E-state index contributed by atoms with van der Waals surface area (Å²) in [5, 5.41) is 7.10. The molecule has 16 nitrogen and oxygen atoms in total. The van der Waals surface area contributed by atoms with Crippen LogP contribution in [0, 0.1) is 17.8 Å². The number of aromatic nitrogens is 4. The Hall–Kier alpha value is -7.08. The van der Waals surface area contributed by atoms with Crippen molar-refractivity contribution in [2.45, 2.75) is 63.9 Å². The molecule has 5 heterocycles. The van der Waals surface area contributed by atoms with Crippen molar-refractivity contribution in [3.8, 4) is 28.1 Å². The summed E-state index contributed by atoms with van der Waals surface area (Å²) in [6, 6.07) is 20.0. The fraction of sp³-hybridized carbons (Fsp3) is 0.388. The second kappa shape index (κ2) is 18.7. The van der Waals surface area contributed by atoms with E-state index in [1.165, 1.54) is 19.1 Å². The number of carbonyl (C=O) groups excluding carboxylic acids is 4. The molecule has 2 saturated heterocycles. The molecule has 0 spiro atoms. The molecule has 6 aromatic rings. The lowest BCUT2D eigenvalue weighted by molar-refractivity contribution is -0.136. The quantitative estimate of drug-likeness (QED) is 0.0940. The van der Waals surface area contributed by atoms with Crippen LogP contribution in [0.4, 0.5) is 18.4 Å². The van der Waals surface area contributed by atoms with E-state index in [0.717, 1.165) is 44.1 Å². The van der Waals surface area contributed by atoms with E-state index in [9.17, 15) is 28.0 Å². The first-order valence-electron chi connectivity index (χ1n) is 22.2. The largest absolute Gasteiger partial charge is 0.488 e. The molecule has 2 aromatic heterocycles. The lowest BCUT2D eigenvalue weighted by atomic mass is 9.92. The lowest BCUT2D eigenvalue weighted by Gasteiger charge is -2.30. The Labute approximate surface area is 384 Å². The molecule has 0 radical (unpaired) electrons. The number of hydrogen-bond acceptors (Lipinski definition) is 10. The molecule has 6 atom stereocenters. The number of fused-ring (bicyclic) bond motifs is 6. The van der Waals surface area contributed by atoms with Gasteiger partial charge >= 0.3 is 12.2 Å². The van der Waals surface area contributed by atoms with Gasteiger partial charge < -0.3 is 49.3 Å². The highest BCUT2D eigenvalue weighted by Crippen LogP contribution is 2.44. The Morgan fingerprint density at radius 1 is 0.836 bits per heavy atom. The van der Waals surface area contributed by atoms with E-state index in [-0.39, 0.29) is 37.3 Å². The first-order chi connectivity index (χ1) is 32.3. The van der Waals surface area contributed by atoms with E-state index in [2.05, 4.69) is 31.7 Å². The summed E-state index contributed by atoms with van der Waals surface area (Å²) in [5.74, 6) is -0.444. The molecule has 3 aliphatic rings. The number of alkyl halides is 2. The maximum atomic E-state index is 14.4. The number of nitrogens with one attached hydrogen (secondary N) is 4. The Balaban J connectivity index is 0.986. The molecule has 4 amide bonds. The van der Waals surface area contributed by atoms with E-state index in [1.54, 1.807) is 44.2 Å². The van der Waals surface area contributed by atoms with Crippen molar-refractivity contribution in [2.24, 2.45) is 17.8 Å². The first-order valence-corrected chi connectivity index (χ1v) is 22.2. The molecular formula is C49H52F2N8O8. The molecule has 18 heteroatoms. The first kappa shape index (κ1) is 45.1. The molecule has 2 fully saturated rings. The number of methoxy groups -OCH3 is 3. The van der Waals surface area contributed by atoms with Gasteiger partial charge in [0.25, 0.3) is 5.91 Å². The van der Waals surface area contributed by atoms with Crippen molar-refractivity contribution in [2.75, 3.05) is 41.0 Å². The van der Waals surface area contributed by atoms with Gasteiger partial charge in [0.15, 0.2) is 0 Å². The minimum absolute atomic E-state index is 0.00694. The van der Waals surface area contributed by atoms with Crippen LogP contribution in [0.25, 0.3) is 44.2 Å². The topological polar surface area (TPSA) is 193 Å². The zero-order valence-electron chi connectivity index (χ0n) is 37.7. The zero-order chi connectivity index (χ0) is 47.1. The zero-order valence-corrected chi connectivity index (χ0v) is 37.7. The monoisotopic (exact) mass is 918 g/mol. The van der Waals surface area contributed by atoms with Gasteiger partial charge in [0.1, 0.15) is 36.1 Å². The van der Waals surface area contributed by atoms with Crippen LogP contribution < -0.4 is 15.4 Å². The fourth-order valence-electron chi connectivity index (χ4n) is 9.77. The number of carbonyl (C=O) groups is 4. The third kappa shape index (κ3) is 8.72. The van der Waals surface area contributed by atoms with Crippen LogP contribution >= 0.6 is 0 Å². The number of benzene rings is 4. The maximum Gasteiger partial charge on any atom is 0.407 e. The highest BCUT2D eigenvalue weighted by atomic mass is 19.3. The number of nitrogens with zero attached hydrogens (tertiary/aromatic N) is 4. The number of likely N-dealkylation sites (tertiary alicyclic amines) is 2. The van der Waals surface area contributed by atoms with E-state index in [1.807, 2.05) is 54.6 Å². The third-order valence-electron chi connectivity index (χ3n) is 13.2. The Morgan fingerprint density at radius 2 is 1.58 bits per heavy atom. The number of H-pyrrole nitrogens is 2. The van der Waals surface area contributed by atoms with E-state index in [4.69, 9.17) is 23.9 Å². The summed E-state index contributed by atoms with van der Waals surface area (Å²) in [4.78, 5) is 72.5. The van der Waals surface area contributed by atoms with Gasteiger partial charge in [0.05, 0.1) is 55.8 Å². The van der Waals surface area contributed by atoms with Crippen LogP contribution in [0.5, 0.6) is 5.75 Å². The minimum atomic E-state index is -2.64. The highest BCUT2D eigenvalue weighted by Gasteiger charge is 2.45. The number of imidazole rings is 2. The van der Waals surface area contributed by atoms with Crippen molar-refractivity contribution in [3.05, 3.63) is 102 Å². The average molecular weight is 919 g/mol. The normalized spacial score (nSPS) is 19.8. The van der Waals surface area contributed by atoms with Crippen molar-refractivity contribution in [3.63, 3.8) is 0 Å². The number of halogens is 2. The van der Waals surface area contributed by atoms with E-state index in [0.29, 0.717) is 48.2 Å². The Morgan fingerprint density at radius 3 is 2.31 bits per heavy atom. The molecule has 4 aromatic carbocycles. The SMILES string of the molecule is COC[C@H]1C[C@@H](c2nc3c(ccc4cc5c(cc43)OCc3cc(-c4cnc([C@@H]6C[C@H](C(F)F)CN6C(=O)[C@@H](NC(=O)OC)C(C)C)[nH]4)ccc3-5)[nH]2)N(C(=O)[C@H](NC(=O)OC)c2ccccc2)C1. The predicted molar refractivity (Wildman–Crippen MR) is 243 cm³/mol. The predicted octanol–water partition coefficient (Wildman–Crippen LogP) is 7.83. The molecular weight excluding hydrogens is 867 g/mol. The number of ether oxygens (including phenoxy) is 4. The van der Waals surface area contributed by atoms with Crippen LogP contribution in [0.3, 0.4) is 0 Å². The molecule has 0 aliphatic carbocycles. The van der Waals surface area contributed by atoms with Gasteiger partial charge in [-0.3, -0.25) is 9.59 Å². The molecule has 0 saturated carbocycles. The molecule has 0 unspecified atom stereocenters. The van der Waals surface area contributed by atoms with Gasteiger partial charge in [0, 0.05) is 43.0 Å². The summed E-state index contributed by atoms with van der Waals surface area (Å²) in [6.07, 6.45) is -1.90. The van der Waals surface area contributed by atoms with Crippen molar-refractivity contribution in [1.29, 1.82) is 0 Å². The van der Waals surface area contributed by atoms with Crippen LogP contribution in [0.1, 0.15) is 67.6 Å². The van der Waals surface area contributed by atoms with Gasteiger partial charge in [-0.1, -0.05) is 62.4 Å². The van der Waals surface area contributed by atoms with E-state index < -0.39 is 54.6 Å². The Bertz CT molecular complexity index is 2830. The van der Waals surface area contributed by atoms with Crippen LogP contribution in [-0.4, -0.2) is 107 Å². The summed E-state index contributed by atoms with van der Waals surface area (Å²) < 4.78 is 49.8. The van der Waals surface area contributed by atoms with Gasteiger partial charge in [-0.15, -0.1) is 0 Å². The number of hydrogen-bond donors (Lipinski definition) is 4. The molecule has 9 rings (SSSR count). The smallest absolute Gasteiger partial charge is 0.407 e. The van der Waals surface area contributed by atoms with Crippen molar-refractivity contribution >= 4 is 45.8 Å².